The van der Waals surface area contributed by atoms with E-state index in [1.54, 1.807) is 0 Å². The third kappa shape index (κ3) is 6.56. The molecule has 0 saturated heterocycles. The van der Waals surface area contributed by atoms with Crippen molar-refractivity contribution in [2.45, 2.75) is 5.41 Å². The minimum absolute atomic E-state index is 0.559. The molecule has 0 saturated carbocycles. The molecular formula is C67H46N2. The first-order valence-corrected chi connectivity index (χ1v) is 23.8. The monoisotopic (exact) mass is 878 g/mol. The van der Waals surface area contributed by atoms with Gasteiger partial charge >= 0.3 is 0 Å². The van der Waals surface area contributed by atoms with E-state index in [9.17, 15) is 0 Å². The van der Waals surface area contributed by atoms with Crippen molar-refractivity contribution in [2.75, 3.05) is 4.90 Å². The van der Waals surface area contributed by atoms with Crippen molar-refractivity contribution in [3.05, 3.63) is 301 Å². The first kappa shape index (κ1) is 40.3. The maximum atomic E-state index is 2.44. The van der Waals surface area contributed by atoms with Crippen LogP contribution in [-0.4, -0.2) is 4.57 Å². The Labute approximate surface area is 403 Å². The van der Waals surface area contributed by atoms with Crippen LogP contribution in [0.3, 0.4) is 0 Å². The molecule has 324 valence electrons. The lowest BCUT2D eigenvalue weighted by atomic mass is 9.66. The van der Waals surface area contributed by atoms with Crippen molar-refractivity contribution in [1.29, 1.82) is 0 Å². The Bertz CT molecular complexity index is 3760. The summed E-state index contributed by atoms with van der Waals surface area (Å²) in [6.45, 7) is 0. The zero-order valence-electron chi connectivity index (χ0n) is 38.0. The Kier molecular flexibility index (Phi) is 9.77. The van der Waals surface area contributed by atoms with Gasteiger partial charge < -0.3 is 9.47 Å². The summed E-state index contributed by atoms with van der Waals surface area (Å²) in [6.07, 6.45) is 0. The smallest absolute Gasteiger partial charge is 0.0719 e. The summed E-state index contributed by atoms with van der Waals surface area (Å²) in [5.41, 5.74) is 21.0. The zero-order valence-corrected chi connectivity index (χ0v) is 38.0. The number of rotatable bonds is 9. The third-order valence-corrected chi connectivity index (χ3v) is 14.3. The molecular weight excluding hydrogens is 833 g/mol. The van der Waals surface area contributed by atoms with Crippen LogP contribution in [0.2, 0.25) is 0 Å². The van der Waals surface area contributed by atoms with Crippen molar-refractivity contribution >= 4 is 38.9 Å². The van der Waals surface area contributed by atoms with Crippen molar-refractivity contribution in [3.8, 4) is 50.2 Å². The molecule has 0 spiro atoms. The van der Waals surface area contributed by atoms with Crippen LogP contribution in [-0.2, 0) is 5.41 Å². The van der Waals surface area contributed by atoms with E-state index in [1.807, 2.05) is 0 Å². The summed E-state index contributed by atoms with van der Waals surface area (Å²) in [5, 5.41) is 2.49. The molecule has 0 radical (unpaired) electrons. The standard InChI is InChI=1S/C67H46N2/c1-5-20-47(21-6-1)48-36-41-54(42-37-48)68(55-43-38-49(39-44-55)50-40-45-65-61(46-50)58-30-15-18-35-64(58)69(65)53-26-11-4-12-27-53)63-34-17-14-29-57(63)60-32-19-31-59-56-28-13-16-33-62(56)67(66(59)60,51-22-7-2-8-23-51)52-24-9-3-10-25-52/h1-46H. The second-order valence-corrected chi connectivity index (χ2v) is 18.0. The van der Waals surface area contributed by atoms with Crippen LogP contribution < -0.4 is 4.90 Å². The molecule has 0 aliphatic heterocycles. The lowest BCUT2D eigenvalue weighted by Gasteiger charge is -2.36. The van der Waals surface area contributed by atoms with Gasteiger partial charge in [0.1, 0.15) is 0 Å². The molecule has 1 aliphatic carbocycles. The highest BCUT2D eigenvalue weighted by molar-refractivity contribution is 6.10. The van der Waals surface area contributed by atoms with Crippen LogP contribution in [0.1, 0.15) is 22.3 Å². The highest BCUT2D eigenvalue weighted by atomic mass is 15.1. The average molecular weight is 879 g/mol. The molecule has 13 rings (SSSR count). The summed E-state index contributed by atoms with van der Waals surface area (Å²) < 4.78 is 2.38. The SMILES string of the molecule is c1ccc(-c2ccc(N(c3ccc(-c4ccc5c(c4)c4ccccc4n5-c4ccccc4)cc3)c3ccccc3-c3cccc4c3C(c3ccccc3)(c3ccccc3)c3ccccc3-4)cc2)cc1. The van der Waals surface area contributed by atoms with Gasteiger partial charge in [0.2, 0.25) is 0 Å². The van der Waals surface area contributed by atoms with Gasteiger partial charge in [-0.1, -0.05) is 218 Å². The Morgan fingerprint density at radius 2 is 0.768 bits per heavy atom. The molecule has 0 unspecified atom stereocenters. The lowest BCUT2D eigenvalue weighted by molar-refractivity contribution is 0.770. The van der Waals surface area contributed by atoms with E-state index in [-0.39, 0.29) is 0 Å². The van der Waals surface area contributed by atoms with Crippen LogP contribution in [0.5, 0.6) is 0 Å². The first-order valence-electron chi connectivity index (χ1n) is 23.8. The van der Waals surface area contributed by atoms with Crippen LogP contribution in [0.15, 0.2) is 279 Å². The molecule has 1 aliphatic rings. The van der Waals surface area contributed by atoms with Gasteiger partial charge in [0.25, 0.3) is 0 Å². The second-order valence-electron chi connectivity index (χ2n) is 18.0. The van der Waals surface area contributed by atoms with E-state index < -0.39 is 5.41 Å². The number of hydrogen-bond donors (Lipinski definition) is 0. The van der Waals surface area contributed by atoms with E-state index in [2.05, 4.69) is 289 Å². The molecule has 1 heterocycles. The summed E-state index contributed by atoms with van der Waals surface area (Å²) in [5.74, 6) is 0. The predicted molar refractivity (Wildman–Crippen MR) is 289 cm³/mol. The van der Waals surface area contributed by atoms with E-state index in [4.69, 9.17) is 0 Å². The molecule has 2 heteroatoms. The number of nitrogens with zero attached hydrogens (tertiary/aromatic N) is 2. The van der Waals surface area contributed by atoms with Crippen LogP contribution in [0.4, 0.5) is 17.1 Å². The zero-order chi connectivity index (χ0) is 45.7. The quantitative estimate of drug-likeness (QED) is 0.140. The molecule has 2 nitrogen and oxygen atoms in total. The lowest BCUT2D eigenvalue weighted by Crippen LogP contribution is -2.29. The Hall–Kier alpha value is -8.98. The minimum Gasteiger partial charge on any atom is -0.310 e. The van der Waals surface area contributed by atoms with Gasteiger partial charge in [-0.25, -0.2) is 0 Å². The molecule has 0 amide bonds. The number of para-hydroxylation sites is 3. The fourth-order valence-corrected chi connectivity index (χ4v) is 11.3. The summed E-state index contributed by atoms with van der Waals surface area (Å²) in [6, 6.07) is 102. The van der Waals surface area contributed by atoms with Crippen molar-refractivity contribution in [3.63, 3.8) is 0 Å². The van der Waals surface area contributed by atoms with Gasteiger partial charge in [-0.05, 0) is 122 Å². The fraction of sp³-hybridized carbons (Fsp3) is 0.0149. The maximum Gasteiger partial charge on any atom is 0.0719 e. The van der Waals surface area contributed by atoms with Crippen LogP contribution in [0, 0.1) is 0 Å². The molecule has 0 atom stereocenters. The number of benzene rings is 11. The summed E-state index contributed by atoms with van der Waals surface area (Å²) in [7, 11) is 0. The van der Waals surface area contributed by atoms with Gasteiger partial charge in [-0.3, -0.25) is 0 Å². The highest BCUT2D eigenvalue weighted by Crippen LogP contribution is 2.59. The van der Waals surface area contributed by atoms with E-state index in [0.717, 1.165) is 28.3 Å². The van der Waals surface area contributed by atoms with Gasteiger partial charge in [-0.2, -0.15) is 0 Å². The normalized spacial score (nSPS) is 12.5. The van der Waals surface area contributed by atoms with Gasteiger partial charge in [0.15, 0.2) is 0 Å². The maximum absolute atomic E-state index is 2.44. The van der Waals surface area contributed by atoms with Crippen molar-refractivity contribution in [2.24, 2.45) is 0 Å². The van der Waals surface area contributed by atoms with Crippen LogP contribution in [0.25, 0.3) is 72.0 Å². The second kappa shape index (κ2) is 16.7. The first-order chi connectivity index (χ1) is 34.3. The Balaban J connectivity index is 0.991. The van der Waals surface area contributed by atoms with E-state index in [0.29, 0.717) is 0 Å². The molecule has 0 bridgehead atoms. The topological polar surface area (TPSA) is 8.17 Å². The van der Waals surface area contributed by atoms with Gasteiger partial charge in [-0.15, -0.1) is 0 Å². The summed E-state index contributed by atoms with van der Waals surface area (Å²) in [4.78, 5) is 2.44. The van der Waals surface area contributed by atoms with Gasteiger partial charge in [0.05, 0.1) is 22.1 Å². The average Bonchev–Trinajstić information content (AvgIpc) is 3.93. The Morgan fingerprint density at radius 3 is 1.43 bits per heavy atom. The van der Waals surface area contributed by atoms with Crippen molar-refractivity contribution < 1.29 is 0 Å². The molecule has 12 aromatic rings. The van der Waals surface area contributed by atoms with Crippen LogP contribution >= 0.6 is 0 Å². The number of fused-ring (bicyclic) bond motifs is 6. The Morgan fingerprint density at radius 1 is 0.304 bits per heavy atom. The predicted octanol–water partition coefficient (Wildman–Crippen LogP) is 17.6. The highest BCUT2D eigenvalue weighted by Gasteiger charge is 2.47. The molecule has 0 N–H and O–H groups in total. The number of hydrogen-bond acceptors (Lipinski definition) is 1. The third-order valence-electron chi connectivity index (χ3n) is 14.3. The largest absolute Gasteiger partial charge is 0.310 e. The van der Waals surface area contributed by atoms with Gasteiger partial charge in [0, 0.05) is 33.4 Å². The number of anilines is 3. The van der Waals surface area contributed by atoms with E-state index in [1.165, 1.54) is 83.0 Å². The summed E-state index contributed by atoms with van der Waals surface area (Å²) >= 11 is 0. The number of aromatic nitrogens is 1. The molecule has 1 aromatic heterocycles. The molecule has 0 fully saturated rings. The van der Waals surface area contributed by atoms with E-state index >= 15 is 0 Å². The van der Waals surface area contributed by atoms with Crippen molar-refractivity contribution in [1.82, 2.24) is 4.57 Å². The fourth-order valence-electron chi connectivity index (χ4n) is 11.3. The molecule has 69 heavy (non-hydrogen) atoms. The minimum atomic E-state index is -0.559. The molecule has 11 aromatic carbocycles.